The summed E-state index contributed by atoms with van der Waals surface area (Å²) in [5.41, 5.74) is 7.29. The van der Waals surface area contributed by atoms with Gasteiger partial charge in [-0.15, -0.1) is 0 Å². The molecule has 208 valence electrons. The SMILES string of the molecule is Cc1cc(C)n(-c2nc3c(c(=O)n2-c2ccc(-c4ccn(C)c4)cc2)C[C@@H](C)N(C(=O)c2ccc(Br)c(C)c2)C3)n1. The highest BCUT2D eigenvalue weighted by molar-refractivity contribution is 9.10. The maximum absolute atomic E-state index is 14.2. The fourth-order valence-electron chi connectivity index (χ4n) is 5.54. The van der Waals surface area contributed by atoms with Crippen molar-refractivity contribution in [3.63, 3.8) is 0 Å². The summed E-state index contributed by atoms with van der Waals surface area (Å²) in [6.45, 7) is 8.07. The summed E-state index contributed by atoms with van der Waals surface area (Å²) < 4.78 is 6.33. The monoisotopic (exact) mass is 610 g/mol. The average molecular weight is 612 g/mol. The van der Waals surface area contributed by atoms with E-state index in [-0.39, 0.29) is 24.1 Å². The minimum atomic E-state index is -0.165. The molecule has 8 nitrogen and oxygen atoms in total. The molecule has 1 amide bonds. The van der Waals surface area contributed by atoms with Crippen LogP contribution in [0.4, 0.5) is 0 Å². The normalized spacial score (nSPS) is 14.8. The lowest BCUT2D eigenvalue weighted by molar-refractivity contribution is 0.0652. The molecule has 1 aliphatic rings. The van der Waals surface area contributed by atoms with E-state index in [1.165, 1.54) is 0 Å². The first kappa shape index (κ1) is 27.0. The van der Waals surface area contributed by atoms with E-state index in [1.54, 1.807) is 14.1 Å². The van der Waals surface area contributed by atoms with Crippen molar-refractivity contribution in [3.05, 3.63) is 116 Å². The Hall–Kier alpha value is -4.24. The van der Waals surface area contributed by atoms with Crippen molar-refractivity contribution in [1.82, 2.24) is 28.8 Å². The van der Waals surface area contributed by atoms with Gasteiger partial charge in [-0.2, -0.15) is 5.10 Å². The van der Waals surface area contributed by atoms with Crippen molar-refractivity contribution in [1.29, 1.82) is 0 Å². The molecule has 0 saturated carbocycles. The Labute approximate surface area is 247 Å². The lowest BCUT2D eigenvalue weighted by Gasteiger charge is -2.34. The van der Waals surface area contributed by atoms with Gasteiger partial charge in [-0.25, -0.2) is 14.2 Å². The number of amides is 1. The summed E-state index contributed by atoms with van der Waals surface area (Å²) in [6.07, 6.45) is 4.49. The molecule has 9 heteroatoms. The first-order chi connectivity index (χ1) is 19.6. The zero-order chi connectivity index (χ0) is 29.0. The Morgan fingerprint density at radius 3 is 2.39 bits per heavy atom. The Bertz CT molecular complexity index is 1860. The lowest BCUT2D eigenvalue weighted by Crippen LogP contribution is -2.46. The molecule has 0 saturated heterocycles. The van der Waals surface area contributed by atoms with E-state index >= 15 is 0 Å². The molecule has 0 radical (unpaired) electrons. The summed E-state index contributed by atoms with van der Waals surface area (Å²) in [5, 5.41) is 4.67. The van der Waals surface area contributed by atoms with E-state index in [0.29, 0.717) is 34.9 Å². The Morgan fingerprint density at radius 1 is 1.00 bits per heavy atom. The van der Waals surface area contributed by atoms with Crippen LogP contribution in [0.2, 0.25) is 0 Å². The molecule has 6 rings (SSSR count). The van der Waals surface area contributed by atoms with Gasteiger partial charge in [0.25, 0.3) is 11.5 Å². The lowest BCUT2D eigenvalue weighted by atomic mass is 9.98. The Kier molecular flexibility index (Phi) is 6.77. The Morgan fingerprint density at radius 2 is 1.76 bits per heavy atom. The van der Waals surface area contributed by atoms with E-state index in [2.05, 4.69) is 33.3 Å². The van der Waals surface area contributed by atoms with Crippen LogP contribution in [-0.2, 0) is 20.0 Å². The second-order valence-electron chi connectivity index (χ2n) is 10.9. The largest absolute Gasteiger partial charge is 0.357 e. The molecule has 0 spiro atoms. The molecule has 1 atom stereocenters. The van der Waals surface area contributed by atoms with Gasteiger partial charge in [-0.05, 0) is 93.3 Å². The molecule has 0 N–H and O–H groups in total. The highest BCUT2D eigenvalue weighted by Crippen LogP contribution is 2.27. The smallest absolute Gasteiger partial charge is 0.263 e. The molecule has 41 heavy (non-hydrogen) atoms. The van der Waals surface area contributed by atoms with Gasteiger partial charge in [0.2, 0.25) is 5.95 Å². The molecule has 2 aromatic carbocycles. The number of hydrogen-bond donors (Lipinski definition) is 0. The van der Waals surface area contributed by atoms with Crippen molar-refractivity contribution in [2.24, 2.45) is 7.05 Å². The van der Waals surface area contributed by atoms with E-state index in [0.717, 1.165) is 32.6 Å². The van der Waals surface area contributed by atoms with Crippen molar-refractivity contribution in [3.8, 4) is 22.8 Å². The van der Waals surface area contributed by atoms with E-state index in [9.17, 15) is 9.59 Å². The number of hydrogen-bond acceptors (Lipinski definition) is 4. The van der Waals surface area contributed by atoms with Gasteiger partial charge in [0.15, 0.2) is 0 Å². The summed E-state index contributed by atoms with van der Waals surface area (Å²) in [4.78, 5) is 34.7. The maximum Gasteiger partial charge on any atom is 0.263 e. The molecule has 1 aliphatic heterocycles. The zero-order valence-corrected chi connectivity index (χ0v) is 25.3. The van der Waals surface area contributed by atoms with Crippen LogP contribution < -0.4 is 5.56 Å². The minimum Gasteiger partial charge on any atom is -0.357 e. The number of fused-ring (bicyclic) bond motifs is 1. The standard InChI is InChI=1S/C32H31BrN6O2/c1-19-14-24(8-11-28(19)33)30(40)37-18-29-27(16-21(37)3)31(41)38(32(34-29)39-22(4)15-20(2)35-39)26-9-6-23(7-10-26)25-12-13-36(5)17-25/h6-15,17,21H,16,18H2,1-5H3/t21-/m1/s1. The van der Waals surface area contributed by atoms with Crippen LogP contribution in [0.3, 0.4) is 0 Å². The number of carbonyl (C=O) groups excluding carboxylic acids is 1. The van der Waals surface area contributed by atoms with Gasteiger partial charge in [0.05, 0.1) is 23.6 Å². The highest BCUT2D eigenvalue weighted by atomic mass is 79.9. The van der Waals surface area contributed by atoms with E-state index in [4.69, 9.17) is 4.98 Å². The zero-order valence-electron chi connectivity index (χ0n) is 23.7. The summed E-state index contributed by atoms with van der Waals surface area (Å²) >= 11 is 3.51. The third-order valence-corrected chi connectivity index (χ3v) is 8.64. The van der Waals surface area contributed by atoms with Crippen LogP contribution in [0.25, 0.3) is 22.8 Å². The first-order valence-corrected chi connectivity index (χ1v) is 14.4. The van der Waals surface area contributed by atoms with E-state index in [1.807, 2.05) is 94.0 Å². The minimum absolute atomic E-state index is 0.0751. The molecule has 0 fully saturated rings. The highest BCUT2D eigenvalue weighted by Gasteiger charge is 2.32. The van der Waals surface area contributed by atoms with Gasteiger partial charge in [0, 0.05) is 46.8 Å². The number of halogens is 1. The van der Waals surface area contributed by atoms with Gasteiger partial charge in [-0.3, -0.25) is 9.59 Å². The number of carbonyl (C=O) groups is 1. The van der Waals surface area contributed by atoms with Crippen LogP contribution in [0.1, 0.15) is 45.5 Å². The molecular weight excluding hydrogens is 580 g/mol. The molecule has 0 aliphatic carbocycles. The summed E-state index contributed by atoms with van der Waals surface area (Å²) in [6, 6.07) is 17.4. The van der Waals surface area contributed by atoms with Crippen molar-refractivity contribution >= 4 is 21.8 Å². The predicted octanol–water partition coefficient (Wildman–Crippen LogP) is 5.70. The third-order valence-electron chi connectivity index (χ3n) is 7.75. The topological polar surface area (TPSA) is 78.0 Å². The van der Waals surface area contributed by atoms with Crippen LogP contribution >= 0.6 is 15.9 Å². The number of aromatic nitrogens is 5. The molecular formula is C32H31BrN6O2. The van der Waals surface area contributed by atoms with Gasteiger partial charge >= 0.3 is 0 Å². The van der Waals surface area contributed by atoms with Crippen molar-refractivity contribution < 1.29 is 4.79 Å². The predicted molar refractivity (Wildman–Crippen MR) is 163 cm³/mol. The van der Waals surface area contributed by atoms with Crippen molar-refractivity contribution in [2.75, 3.05) is 0 Å². The number of aryl methyl sites for hydroxylation is 4. The number of benzene rings is 2. The van der Waals surface area contributed by atoms with Crippen LogP contribution in [0.15, 0.2) is 76.3 Å². The van der Waals surface area contributed by atoms with Gasteiger partial charge in [0.1, 0.15) is 0 Å². The molecule has 4 heterocycles. The van der Waals surface area contributed by atoms with E-state index < -0.39 is 0 Å². The first-order valence-electron chi connectivity index (χ1n) is 13.6. The third kappa shape index (κ3) is 4.84. The fourth-order valence-corrected chi connectivity index (χ4v) is 5.79. The van der Waals surface area contributed by atoms with Crippen LogP contribution in [0.5, 0.6) is 0 Å². The molecule has 0 bridgehead atoms. The number of rotatable bonds is 4. The van der Waals surface area contributed by atoms with Crippen LogP contribution in [-0.4, -0.2) is 40.7 Å². The molecule has 3 aromatic heterocycles. The summed E-state index contributed by atoms with van der Waals surface area (Å²) in [7, 11) is 1.99. The van der Waals surface area contributed by atoms with Crippen molar-refractivity contribution in [2.45, 2.75) is 46.7 Å². The molecule has 0 unspecified atom stereocenters. The van der Waals surface area contributed by atoms with Gasteiger partial charge < -0.3 is 9.47 Å². The molecule has 5 aromatic rings. The van der Waals surface area contributed by atoms with Crippen LogP contribution in [0, 0.1) is 20.8 Å². The quantitative estimate of drug-likeness (QED) is 0.261. The summed E-state index contributed by atoms with van der Waals surface area (Å²) in [5.74, 6) is 0.335. The average Bonchev–Trinajstić information content (AvgIpc) is 3.53. The number of nitrogens with zero attached hydrogens (tertiary/aromatic N) is 6. The fraction of sp³-hybridized carbons (Fsp3) is 0.250. The maximum atomic E-state index is 14.2. The van der Waals surface area contributed by atoms with Gasteiger partial charge in [-0.1, -0.05) is 28.1 Å². The second-order valence-corrected chi connectivity index (χ2v) is 11.7. The Balaban J connectivity index is 1.46. The second kappa shape index (κ2) is 10.3.